The predicted molar refractivity (Wildman–Crippen MR) is 130 cm³/mol. The molecule has 0 aliphatic carbocycles. The maximum Gasteiger partial charge on any atom is 0.244 e. The first kappa shape index (κ1) is 19.1. The van der Waals surface area contributed by atoms with Gasteiger partial charge >= 0.3 is 0 Å². The minimum atomic E-state index is -0.117. The SMILES string of the molecule is CCCCc1cc2c3c(c1)C(C)(C)c1cccc4c1B3c1c(cccc1C2(C)C)C4=O. The molecule has 3 aromatic carbocycles. The van der Waals surface area contributed by atoms with E-state index < -0.39 is 0 Å². The molecular formula is C29H29BO. The second-order valence-electron chi connectivity index (χ2n) is 10.8. The van der Waals surface area contributed by atoms with Crippen molar-refractivity contribution in [2.45, 2.75) is 64.7 Å². The van der Waals surface area contributed by atoms with Crippen molar-refractivity contribution >= 4 is 28.9 Å². The van der Waals surface area contributed by atoms with Crippen molar-refractivity contribution < 1.29 is 4.79 Å². The number of aryl methyl sites for hydroxylation is 1. The summed E-state index contributed by atoms with van der Waals surface area (Å²) in [5.41, 5.74) is 12.6. The summed E-state index contributed by atoms with van der Waals surface area (Å²) in [7, 11) is 0. The van der Waals surface area contributed by atoms with Crippen molar-refractivity contribution in [1.82, 2.24) is 0 Å². The normalized spacial score (nSPS) is 18.1. The molecule has 0 N–H and O–H groups in total. The Bertz CT molecular complexity index is 1200. The molecule has 0 saturated carbocycles. The Morgan fingerprint density at radius 3 is 1.74 bits per heavy atom. The van der Waals surface area contributed by atoms with Crippen LogP contribution in [-0.4, -0.2) is 12.5 Å². The molecule has 0 unspecified atom stereocenters. The van der Waals surface area contributed by atoms with Crippen LogP contribution in [0.3, 0.4) is 0 Å². The van der Waals surface area contributed by atoms with E-state index >= 15 is 0 Å². The highest BCUT2D eigenvalue weighted by molar-refractivity contribution is 6.99. The van der Waals surface area contributed by atoms with Gasteiger partial charge in [0.25, 0.3) is 0 Å². The summed E-state index contributed by atoms with van der Waals surface area (Å²) in [6, 6.07) is 17.8. The molecule has 154 valence electrons. The lowest BCUT2D eigenvalue weighted by Crippen LogP contribution is -2.70. The van der Waals surface area contributed by atoms with E-state index in [4.69, 9.17) is 0 Å². The third kappa shape index (κ3) is 2.21. The number of hydrogen-bond acceptors (Lipinski definition) is 1. The molecule has 0 atom stereocenters. The highest BCUT2D eigenvalue weighted by Crippen LogP contribution is 2.43. The van der Waals surface area contributed by atoms with Gasteiger partial charge in [0.05, 0.1) is 0 Å². The molecule has 0 amide bonds. The van der Waals surface area contributed by atoms with Crippen LogP contribution in [-0.2, 0) is 17.3 Å². The van der Waals surface area contributed by atoms with E-state index in [9.17, 15) is 4.79 Å². The van der Waals surface area contributed by atoms with Crippen LogP contribution in [0.2, 0.25) is 0 Å². The average molecular weight is 404 g/mol. The summed E-state index contributed by atoms with van der Waals surface area (Å²) in [6.45, 7) is 11.9. The zero-order valence-corrected chi connectivity index (χ0v) is 19.2. The van der Waals surface area contributed by atoms with Crippen molar-refractivity contribution in [3.05, 3.63) is 87.5 Å². The topological polar surface area (TPSA) is 17.1 Å². The molecule has 0 spiro atoms. The molecule has 0 bridgehead atoms. The van der Waals surface area contributed by atoms with E-state index in [0.717, 1.165) is 17.5 Å². The average Bonchev–Trinajstić information content (AvgIpc) is 2.76. The number of unbranched alkanes of at least 4 members (excludes halogenated alkanes) is 1. The summed E-state index contributed by atoms with van der Waals surface area (Å²) in [5.74, 6) is 0.197. The fourth-order valence-corrected chi connectivity index (χ4v) is 6.69. The quantitative estimate of drug-likeness (QED) is 0.464. The van der Waals surface area contributed by atoms with Gasteiger partial charge in [0.2, 0.25) is 6.71 Å². The van der Waals surface area contributed by atoms with Gasteiger partial charge in [-0.25, -0.2) is 0 Å². The van der Waals surface area contributed by atoms with Crippen molar-refractivity contribution in [3.63, 3.8) is 0 Å². The van der Waals surface area contributed by atoms with Gasteiger partial charge < -0.3 is 0 Å². The van der Waals surface area contributed by atoms with Crippen molar-refractivity contribution in [2.24, 2.45) is 0 Å². The molecule has 31 heavy (non-hydrogen) atoms. The predicted octanol–water partition coefficient (Wildman–Crippen LogP) is 4.37. The van der Waals surface area contributed by atoms with E-state index in [0.29, 0.717) is 0 Å². The number of ketones is 1. The van der Waals surface area contributed by atoms with Crippen molar-refractivity contribution in [2.75, 3.05) is 0 Å². The lowest BCUT2D eigenvalue weighted by Gasteiger charge is -2.49. The fourth-order valence-electron chi connectivity index (χ4n) is 6.69. The van der Waals surface area contributed by atoms with Crippen molar-refractivity contribution in [3.8, 4) is 0 Å². The van der Waals surface area contributed by atoms with Gasteiger partial charge in [0.15, 0.2) is 5.78 Å². The molecule has 1 nitrogen and oxygen atoms in total. The smallest absolute Gasteiger partial charge is 0.244 e. The maximum absolute atomic E-state index is 13.6. The minimum absolute atomic E-state index is 0.117. The number of hydrogen-bond donors (Lipinski definition) is 0. The minimum Gasteiger partial charge on any atom is -0.289 e. The molecule has 6 rings (SSSR count). The van der Waals surface area contributed by atoms with Crippen LogP contribution in [0, 0.1) is 0 Å². The van der Waals surface area contributed by atoms with Crippen LogP contribution in [0.15, 0.2) is 48.5 Å². The first-order valence-corrected chi connectivity index (χ1v) is 11.8. The lowest BCUT2D eigenvalue weighted by molar-refractivity contribution is 0.104. The van der Waals surface area contributed by atoms with Gasteiger partial charge in [-0.15, -0.1) is 0 Å². The van der Waals surface area contributed by atoms with Crippen LogP contribution in [0.25, 0.3) is 0 Å². The third-order valence-electron chi connectivity index (χ3n) is 8.32. The highest BCUT2D eigenvalue weighted by atomic mass is 16.1. The molecule has 0 saturated heterocycles. The van der Waals surface area contributed by atoms with E-state index in [2.05, 4.69) is 71.0 Å². The van der Waals surface area contributed by atoms with Crippen LogP contribution in [0.5, 0.6) is 0 Å². The molecule has 0 radical (unpaired) electrons. The number of carbonyl (C=O) groups excluding carboxylic acids is 1. The summed E-state index contributed by atoms with van der Waals surface area (Å²) in [4.78, 5) is 13.6. The number of rotatable bonds is 3. The number of benzene rings is 3. The zero-order chi connectivity index (χ0) is 21.7. The lowest BCUT2D eigenvalue weighted by atomic mass is 9.25. The Labute approximate surface area is 186 Å². The second-order valence-corrected chi connectivity index (χ2v) is 10.8. The van der Waals surface area contributed by atoms with Crippen LogP contribution in [0.1, 0.15) is 91.2 Å². The molecule has 2 heteroatoms. The summed E-state index contributed by atoms with van der Waals surface area (Å²) in [5, 5.41) is 0. The second kappa shape index (κ2) is 6.00. The Hall–Kier alpha value is -2.61. The van der Waals surface area contributed by atoms with Gasteiger partial charge in [-0.05, 0) is 40.7 Å². The zero-order valence-electron chi connectivity index (χ0n) is 19.2. The molecular weight excluding hydrogens is 375 g/mol. The maximum atomic E-state index is 13.6. The molecule has 3 aliphatic heterocycles. The standard InChI is InChI=1S/C29H29BO/c1-6-7-10-17-15-22-26-23(16-17)29(4,5)21-14-9-12-19-25(21)30(26)24-18(27(19)31)11-8-13-20(24)28(22,2)3/h8-9,11-16H,6-7,10H2,1-5H3. The van der Waals surface area contributed by atoms with Gasteiger partial charge in [0, 0.05) is 22.0 Å². The Morgan fingerprint density at radius 2 is 1.26 bits per heavy atom. The summed E-state index contributed by atoms with van der Waals surface area (Å²) < 4.78 is 0. The van der Waals surface area contributed by atoms with E-state index in [1.54, 1.807) is 0 Å². The monoisotopic (exact) mass is 404 g/mol. The Balaban J connectivity index is 1.79. The van der Waals surface area contributed by atoms with Gasteiger partial charge in [-0.2, -0.15) is 0 Å². The van der Waals surface area contributed by atoms with Gasteiger partial charge in [0.1, 0.15) is 0 Å². The first-order chi connectivity index (χ1) is 14.8. The van der Waals surface area contributed by atoms with E-state index in [-0.39, 0.29) is 23.3 Å². The van der Waals surface area contributed by atoms with Crippen LogP contribution in [0.4, 0.5) is 0 Å². The van der Waals surface area contributed by atoms with Crippen LogP contribution < -0.4 is 16.4 Å². The van der Waals surface area contributed by atoms with E-state index in [1.165, 1.54) is 57.0 Å². The van der Waals surface area contributed by atoms with Gasteiger partial charge in [-0.3, -0.25) is 4.79 Å². The fraction of sp³-hybridized carbons (Fsp3) is 0.345. The molecule has 0 fully saturated rings. The van der Waals surface area contributed by atoms with Crippen LogP contribution >= 0.6 is 0 Å². The third-order valence-corrected chi connectivity index (χ3v) is 8.32. The highest BCUT2D eigenvalue weighted by Gasteiger charge is 2.52. The van der Waals surface area contributed by atoms with Gasteiger partial charge in [-0.1, -0.05) is 106 Å². The Kier molecular flexibility index (Phi) is 3.70. The van der Waals surface area contributed by atoms with Crippen molar-refractivity contribution in [1.29, 1.82) is 0 Å². The summed E-state index contributed by atoms with van der Waals surface area (Å²) in [6.07, 6.45) is 3.56. The first-order valence-electron chi connectivity index (χ1n) is 11.8. The summed E-state index contributed by atoms with van der Waals surface area (Å²) >= 11 is 0. The Morgan fingerprint density at radius 1 is 0.742 bits per heavy atom. The largest absolute Gasteiger partial charge is 0.289 e. The molecule has 3 aromatic rings. The molecule has 3 aliphatic rings. The molecule has 3 heterocycles. The van der Waals surface area contributed by atoms with E-state index in [1.807, 2.05) is 12.1 Å². The number of carbonyl (C=O) groups is 1. The molecule has 0 aromatic heterocycles.